The number of aliphatic hydroxyl groups is 1. The van der Waals surface area contributed by atoms with Gasteiger partial charge in [0.1, 0.15) is 0 Å². The summed E-state index contributed by atoms with van der Waals surface area (Å²) in [5, 5.41) is 18.5. The van der Waals surface area contributed by atoms with Crippen molar-refractivity contribution in [2.24, 2.45) is 0 Å². The van der Waals surface area contributed by atoms with Crippen LogP contribution >= 0.6 is 15.9 Å². The second-order valence-electron chi connectivity index (χ2n) is 2.68. The molecular formula is C9H11BrO3. The lowest BCUT2D eigenvalue weighted by Crippen LogP contribution is -1.93. The number of aliphatic hydroxyl groups excluding tert-OH is 1. The lowest BCUT2D eigenvalue weighted by Gasteiger charge is -2.11. The maximum Gasteiger partial charge on any atom is 0.164 e. The minimum Gasteiger partial charge on any atom is -0.504 e. The van der Waals surface area contributed by atoms with E-state index in [2.05, 4.69) is 15.9 Å². The van der Waals surface area contributed by atoms with E-state index in [0.717, 1.165) is 10.0 Å². The van der Waals surface area contributed by atoms with Crippen LogP contribution in [0, 0.1) is 6.92 Å². The summed E-state index contributed by atoms with van der Waals surface area (Å²) in [6.07, 6.45) is 0. The van der Waals surface area contributed by atoms with Crippen molar-refractivity contribution in [2.75, 3.05) is 7.11 Å². The van der Waals surface area contributed by atoms with Gasteiger partial charge in [-0.3, -0.25) is 0 Å². The Bertz CT molecular complexity index is 323. The summed E-state index contributed by atoms with van der Waals surface area (Å²) >= 11 is 3.31. The molecule has 0 aliphatic carbocycles. The molecule has 0 radical (unpaired) electrons. The molecule has 0 bridgehead atoms. The fourth-order valence-corrected chi connectivity index (χ4v) is 1.59. The third-order valence-corrected chi connectivity index (χ3v) is 2.72. The number of phenols is 1. The standard InChI is InChI=1S/C9H11BrO3/c1-5-7(10)3-6(4-11)8(12)9(5)13-2/h3,11-12H,4H2,1-2H3. The van der Waals surface area contributed by atoms with Gasteiger partial charge >= 0.3 is 0 Å². The molecule has 1 aromatic rings. The van der Waals surface area contributed by atoms with Gasteiger partial charge in [0, 0.05) is 15.6 Å². The number of halogens is 1. The lowest BCUT2D eigenvalue weighted by atomic mass is 10.1. The molecular weight excluding hydrogens is 236 g/mol. The van der Waals surface area contributed by atoms with E-state index in [0.29, 0.717) is 11.3 Å². The highest BCUT2D eigenvalue weighted by Gasteiger charge is 2.13. The van der Waals surface area contributed by atoms with Crippen LogP contribution in [0.3, 0.4) is 0 Å². The quantitative estimate of drug-likeness (QED) is 0.839. The highest BCUT2D eigenvalue weighted by molar-refractivity contribution is 9.10. The Kier molecular flexibility index (Phi) is 3.17. The number of benzene rings is 1. The molecule has 0 fully saturated rings. The second kappa shape index (κ2) is 3.98. The number of hydrogen-bond acceptors (Lipinski definition) is 3. The summed E-state index contributed by atoms with van der Waals surface area (Å²) in [6.45, 7) is 1.62. The Labute approximate surface area is 85.1 Å². The van der Waals surface area contributed by atoms with E-state index >= 15 is 0 Å². The average molecular weight is 247 g/mol. The van der Waals surface area contributed by atoms with Gasteiger partial charge in [-0.05, 0) is 13.0 Å². The number of aromatic hydroxyl groups is 1. The first-order valence-corrected chi connectivity index (χ1v) is 4.57. The first-order chi connectivity index (χ1) is 6.11. The van der Waals surface area contributed by atoms with Crippen molar-refractivity contribution in [2.45, 2.75) is 13.5 Å². The highest BCUT2D eigenvalue weighted by Crippen LogP contribution is 2.37. The van der Waals surface area contributed by atoms with Crippen LogP contribution in [0.15, 0.2) is 10.5 Å². The minimum atomic E-state index is -0.207. The number of ether oxygens (including phenoxy) is 1. The van der Waals surface area contributed by atoms with E-state index in [1.807, 2.05) is 6.92 Å². The van der Waals surface area contributed by atoms with Gasteiger partial charge < -0.3 is 14.9 Å². The normalized spacial score (nSPS) is 10.2. The van der Waals surface area contributed by atoms with Crippen LogP contribution in [0.1, 0.15) is 11.1 Å². The van der Waals surface area contributed by atoms with E-state index in [-0.39, 0.29) is 12.4 Å². The first-order valence-electron chi connectivity index (χ1n) is 3.77. The Balaban J connectivity index is 3.39. The molecule has 2 N–H and O–H groups in total. The van der Waals surface area contributed by atoms with E-state index in [1.165, 1.54) is 7.11 Å². The van der Waals surface area contributed by atoms with Gasteiger partial charge in [0.25, 0.3) is 0 Å². The van der Waals surface area contributed by atoms with Crippen molar-refractivity contribution in [3.05, 3.63) is 21.7 Å². The fraction of sp³-hybridized carbons (Fsp3) is 0.333. The second-order valence-corrected chi connectivity index (χ2v) is 3.54. The first kappa shape index (κ1) is 10.3. The van der Waals surface area contributed by atoms with Gasteiger partial charge in [-0.2, -0.15) is 0 Å². The highest BCUT2D eigenvalue weighted by atomic mass is 79.9. The number of hydrogen-bond donors (Lipinski definition) is 2. The number of methoxy groups -OCH3 is 1. The molecule has 0 saturated carbocycles. The van der Waals surface area contributed by atoms with Gasteiger partial charge in [0.05, 0.1) is 13.7 Å². The lowest BCUT2D eigenvalue weighted by molar-refractivity contribution is 0.272. The zero-order valence-corrected chi connectivity index (χ0v) is 9.05. The van der Waals surface area contributed by atoms with Crippen molar-refractivity contribution >= 4 is 15.9 Å². The third kappa shape index (κ3) is 1.78. The van der Waals surface area contributed by atoms with E-state index in [4.69, 9.17) is 9.84 Å². The molecule has 13 heavy (non-hydrogen) atoms. The van der Waals surface area contributed by atoms with Crippen molar-refractivity contribution in [1.29, 1.82) is 0 Å². The third-order valence-electron chi connectivity index (χ3n) is 1.89. The molecule has 0 aliphatic heterocycles. The van der Waals surface area contributed by atoms with Crippen LogP contribution in [-0.4, -0.2) is 17.3 Å². The molecule has 72 valence electrons. The topological polar surface area (TPSA) is 49.7 Å². The molecule has 0 heterocycles. The molecule has 0 aliphatic rings. The van der Waals surface area contributed by atoms with Gasteiger partial charge in [0.2, 0.25) is 0 Å². The van der Waals surface area contributed by atoms with Crippen LogP contribution in [-0.2, 0) is 6.61 Å². The van der Waals surface area contributed by atoms with Crippen LogP contribution < -0.4 is 4.74 Å². The summed E-state index contributed by atoms with van der Waals surface area (Å²) in [6, 6.07) is 1.67. The zero-order valence-electron chi connectivity index (χ0n) is 7.47. The molecule has 4 heteroatoms. The van der Waals surface area contributed by atoms with Crippen molar-refractivity contribution < 1.29 is 14.9 Å². The number of rotatable bonds is 2. The largest absolute Gasteiger partial charge is 0.504 e. The zero-order chi connectivity index (χ0) is 10.0. The average Bonchev–Trinajstić information content (AvgIpc) is 2.12. The SMILES string of the molecule is COc1c(C)c(Br)cc(CO)c1O. The molecule has 0 saturated heterocycles. The predicted octanol–water partition coefficient (Wildman–Crippen LogP) is 1.96. The molecule has 0 amide bonds. The van der Waals surface area contributed by atoms with Crippen LogP contribution in [0.5, 0.6) is 11.5 Å². The summed E-state index contributed by atoms with van der Waals surface area (Å²) < 4.78 is 5.82. The van der Waals surface area contributed by atoms with E-state index in [1.54, 1.807) is 6.07 Å². The van der Waals surface area contributed by atoms with Crippen LogP contribution in [0.25, 0.3) is 0 Å². The summed E-state index contributed by atoms with van der Waals surface area (Å²) in [5.41, 5.74) is 1.27. The van der Waals surface area contributed by atoms with Gasteiger partial charge in [-0.1, -0.05) is 15.9 Å². The molecule has 0 unspecified atom stereocenters. The molecule has 3 nitrogen and oxygen atoms in total. The molecule has 0 atom stereocenters. The van der Waals surface area contributed by atoms with Crippen molar-refractivity contribution in [3.8, 4) is 11.5 Å². The Morgan fingerprint density at radius 2 is 2.15 bits per heavy atom. The molecule has 0 spiro atoms. The van der Waals surface area contributed by atoms with Crippen LogP contribution in [0.4, 0.5) is 0 Å². The fourth-order valence-electron chi connectivity index (χ4n) is 1.13. The summed E-state index contributed by atoms with van der Waals surface area (Å²) in [4.78, 5) is 0. The van der Waals surface area contributed by atoms with Gasteiger partial charge in [0.15, 0.2) is 11.5 Å². The maximum absolute atomic E-state index is 9.59. The van der Waals surface area contributed by atoms with E-state index in [9.17, 15) is 5.11 Å². The van der Waals surface area contributed by atoms with Crippen LogP contribution in [0.2, 0.25) is 0 Å². The summed E-state index contributed by atoms with van der Waals surface area (Å²) in [7, 11) is 1.48. The Morgan fingerprint density at radius 3 is 2.62 bits per heavy atom. The monoisotopic (exact) mass is 246 g/mol. The Hall–Kier alpha value is -0.740. The molecule has 1 aromatic carbocycles. The molecule has 0 aromatic heterocycles. The minimum absolute atomic E-state index is 0.00528. The van der Waals surface area contributed by atoms with E-state index < -0.39 is 0 Å². The smallest absolute Gasteiger partial charge is 0.164 e. The van der Waals surface area contributed by atoms with Crippen molar-refractivity contribution in [3.63, 3.8) is 0 Å². The van der Waals surface area contributed by atoms with Crippen molar-refractivity contribution in [1.82, 2.24) is 0 Å². The predicted molar refractivity (Wildman–Crippen MR) is 53.0 cm³/mol. The van der Waals surface area contributed by atoms with Gasteiger partial charge in [-0.25, -0.2) is 0 Å². The summed E-state index contributed by atoms with van der Waals surface area (Å²) in [5.74, 6) is 0.407. The molecule has 1 rings (SSSR count). The Morgan fingerprint density at radius 1 is 1.54 bits per heavy atom. The van der Waals surface area contributed by atoms with Gasteiger partial charge in [-0.15, -0.1) is 0 Å². The maximum atomic E-state index is 9.59.